The Labute approximate surface area is 101 Å². The smallest absolute Gasteiger partial charge is 0.304 e. The Morgan fingerprint density at radius 3 is 2.56 bits per heavy atom. The third-order valence-electron chi connectivity index (χ3n) is 2.01. The number of aliphatic carboxylic acids is 1. The van der Waals surface area contributed by atoms with Gasteiger partial charge in [-0.1, -0.05) is 6.92 Å². The number of rotatable bonds is 8. The fourth-order valence-corrected chi connectivity index (χ4v) is 2.16. The van der Waals surface area contributed by atoms with Gasteiger partial charge in [-0.15, -0.1) is 0 Å². The summed E-state index contributed by atoms with van der Waals surface area (Å²) in [6.45, 7) is 2.21. The van der Waals surface area contributed by atoms with E-state index in [1.807, 2.05) is 13.2 Å². The first kappa shape index (κ1) is 15.7. The molecule has 0 radical (unpaired) electrons. The molecule has 0 aliphatic rings. The minimum Gasteiger partial charge on any atom is -0.481 e. The average molecular weight is 270 g/mol. The van der Waals surface area contributed by atoms with Crippen LogP contribution in [-0.4, -0.2) is 55.4 Å². The molecule has 6 nitrogen and oxygen atoms in total. The van der Waals surface area contributed by atoms with Crippen LogP contribution in [0.4, 0.5) is 0 Å². The second-order valence-corrected chi connectivity index (χ2v) is 6.50. The highest BCUT2D eigenvalue weighted by Crippen LogP contribution is 2.04. The van der Waals surface area contributed by atoms with Crippen molar-refractivity contribution in [3.8, 4) is 0 Å². The number of nitrogens with one attached hydrogen (secondary N) is 1. The van der Waals surface area contributed by atoms with Gasteiger partial charge in [-0.25, -0.2) is 4.72 Å². The summed E-state index contributed by atoms with van der Waals surface area (Å²) in [6, 6.07) is 0. The molecular formula is C8H18N2O4S2. The summed E-state index contributed by atoms with van der Waals surface area (Å²) in [4.78, 5) is 10.3. The Hall–Kier alpha value is -0.310. The molecule has 0 saturated heterocycles. The van der Waals surface area contributed by atoms with Crippen LogP contribution in [0.3, 0.4) is 0 Å². The molecule has 0 aliphatic heterocycles. The third-order valence-corrected chi connectivity index (χ3v) is 4.51. The number of nitrogens with zero attached hydrogens (tertiary/aromatic N) is 1. The van der Waals surface area contributed by atoms with Crippen molar-refractivity contribution < 1.29 is 18.3 Å². The average Bonchev–Trinajstić information content (AvgIpc) is 2.22. The molecule has 0 aromatic heterocycles. The predicted octanol–water partition coefficient (Wildman–Crippen LogP) is -0.0212. The Kier molecular flexibility index (Phi) is 6.96. The first-order chi connectivity index (χ1) is 7.29. The maximum absolute atomic E-state index is 11.6. The molecule has 96 valence electrons. The highest BCUT2D eigenvalue weighted by Gasteiger charge is 2.18. The van der Waals surface area contributed by atoms with Crippen LogP contribution in [0.25, 0.3) is 0 Å². The standard InChI is InChI=1S/C8H18N2O4S2/c1-7(15-3)6-9-16(13,14)10(2)5-4-8(11)12/h7,9H,4-6H2,1-3H3,(H,11,12). The van der Waals surface area contributed by atoms with Crippen LogP contribution in [0, 0.1) is 0 Å². The molecule has 2 N–H and O–H groups in total. The minimum absolute atomic E-state index is 0.0294. The van der Waals surface area contributed by atoms with Gasteiger partial charge in [-0.2, -0.15) is 24.5 Å². The molecule has 1 unspecified atom stereocenters. The number of carboxylic acids is 1. The van der Waals surface area contributed by atoms with Gasteiger partial charge in [0.1, 0.15) is 0 Å². The summed E-state index contributed by atoms with van der Waals surface area (Å²) in [5, 5.41) is 8.62. The first-order valence-corrected chi connectivity index (χ1v) is 7.48. The molecule has 0 aliphatic carbocycles. The van der Waals surface area contributed by atoms with Crippen molar-refractivity contribution in [3.05, 3.63) is 0 Å². The topological polar surface area (TPSA) is 86.7 Å². The molecular weight excluding hydrogens is 252 g/mol. The van der Waals surface area contributed by atoms with Crippen molar-refractivity contribution in [2.75, 3.05) is 26.4 Å². The van der Waals surface area contributed by atoms with Gasteiger partial charge >= 0.3 is 5.97 Å². The molecule has 0 saturated carbocycles. The van der Waals surface area contributed by atoms with E-state index in [0.29, 0.717) is 6.54 Å². The molecule has 0 rings (SSSR count). The second kappa shape index (κ2) is 7.10. The van der Waals surface area contributed by atoms with Crippen LogP contribution in [-0.2, 0) is 15.0 Å². The summed E-state index contributed by atoms with van der Waals surface area (Å²) in [7, 11) is -2.20. The minimum atomic E-state index is -3.55. The largest absolute Gasteiger partial charge is 0.481 e. The van der Waals surface area contributed by atoms with Crippen LogP contribution < -0.4 is 4.72 Å². The van der Waals surface area contributed by atoms with E-state index in [-0.39, 0.29) is 18.2 Å². The lowest BCUT2D eigenvalue weighted by Crippen LogP contribution is -2.41. The van der Waals surface area contributed by atoms with E-state index in [0.717, 1.165) is 4.31 Å². The predicted molar refractivity (Wildman–Crippen MR) is 64.8 cm³/mol. The van der Waals surface area contributed by atoms with Crippen LogP contribution in [0.1, 0.15) is 13.3 Å². The van der Waals surface area contributed by atoms with E-state index < -0.39 is 16.2 Å². The maximum Gasteiger partial charge on any atom is 0.304 e. The Balaban J connectivity index is 4.16. The van der Waals surface area contributed by atoms with Crippen molar-refractivity contribution in [1.82, 2.24) is 9.03 Å². The van der Waals surface area contributed by atoms with Crippen LogP contribution in [0.15, 0.2) is 0 Å². The first-order valence-electron chi connectivity index (χ1n) is 4.75. The van der Waals surface area contributed by atoms with Gasteiger partial charge in [0.15, 0.2) is 0 Å². The molecule has 0 heterocycles. The summed E-state index contributed by atoms with van der Waals surface area (Å²) in [6.07, 6.45) is 1.70. The molecule has 16 heavy (non-hydrogen) atoms. The lowest BCUT2D eigenvalue weighted by molar-refractivity contribution is -0.137. The summed E-state index contributed by atoms with van der Waals surface area (Å²) < 4.78 is 26.6. The zero-order chi connectivity index (χ0) is 12.8. The normalized spacial score (nSPS) is 14.0. The van der Waals surface area contributed by atoms with Gasteiger partial charge in [0, 0.05) is 25.4 Å². The van der Waals surface area contributed by atoms with Crippen molar-refractivity contribution in [2.45, 2.75) is 18.6 Å². The van der Waals surface area contributed by atoms with Gasteiger partial charge in [-0.3, -0.25) is 4.79 Å². The molecule has 0 amide bonds. The van der Waals surface area contributed by atoms with E-state index in [9.17, 15) is 13.2 Å². The third kappa shape index (κ3) is 6.31. The molecule has 8 heteroatoms. The van der Waals surface area contributed by atoms with Gasteiger partial charge in [0.25, 0.3) is 10.2 Å². The lowest BCUT2D eigenvalue weighted by atomic mass is 10.4. The van der Waals surface area contributed by atoms with Crippen molar-refractivity contribution in [3.63, 3.8) is 0 Å². The van der Waals surface area contributed by atoms with Gasteiger partial charge < -0.3 is 5.11 Å². The fraction of sp³-hybridized carbons (Fsp3) is 0.875. The Bertz CT molecular complexity index is 318. The second-order valence-electron chi connectivity index (χ2n) is 3.37. The van der Waals surface area contributed by atoms with Crippen LogP contribution in [0.2, 0.25) is 0 Å². The summed E-state index contributed by atoms with van der Waals surface area (Å²) in [5.41, 5.74) is 0. The van der Waals surface area contributed by atoms with E-state index in [1.165, 1.54) is 7.05 Å². The number of carboxylic acid groups (broad SMARTS) is 1. The maximum atomic E-state index is 11.6. The van der Waals surface area contributed by atoms with E-state index in [2.05, 4.69) is 4.72 Å². The van der Waals surface area contributed by atoms with Crippen molar-refractivity contribution in [2.24, 2.45) is 0 Å². The van der Waals surface area contributed by atoms with Crippen molar-refractivity contribution in [1.29, 1.82) is 0 Å². The molecule has 0 fully saturated rings. The quantitative estimate of drug-likeness (QED) is 0.647. The lowest BCUT2D eigenvalue weighted by Gasteiger charge is -2.18. The highest BCUT2D eigenvalue weighted by molar-refractivity contribution is 7.99. The van der Waals surface area contributed by atoms with Crippen LogP contribution in [0.5, 0.6) is 0 Å². The zero-order valence-electron chi connectivity index (χ0n) is 9.63. The van der Waals surface area contributed by atoms with Gasteiger partial charge in [0.2, 0.25) is 0 Å². The number of carbonyl (C=O) groups is 1. The van der Waals surface area contributed by atoms with E-state index in [4.69, 9.17) is 5.11 Å². The summed E-state index contributed by atoms with van der Waals surface area (Å²) >= 11 is 1.56. The van der Waals surface area contributed by atoms with E-state index in [1.54, 1.807) is 11.8 Å². The SMILES string of the molecule is CSC(C)CNS(=O)(=O)N(C)CCC(=O)O. The van der Waals surface area contributed by atoms with Gasteiger partial charge in [0.05, 0.1) is 6.42 Å². The van der Waals surface area contributed by atoms with Gasteiger partial charge in [-0.05, 0) is 6.26 Å². The molecule has 1 atom stereocenters. The number of hydrogen-bond acceptors (Lipinski definition) is 4. The Morgan fingerprint density at radius 2 is 2.12 bits per heavy atom. The van der Waals surface area contributed by atoms with Crippen molar-refractivity contribution >= 4 is 27.9 Å². The highest BCUT2D eigenvalue weighted by atomic mass is 32.2. The molecule has 0 spiro atoms. The van der Waals surface area contributed by atoms with E-state index >= 15 is 0 Å². The molecule has 0 aromatic carbocycles. The Morgan fingerprint density at radius 1 is 1.56 bits per heavy atom. The molecule has 0 aromatic rings. The summed E-state index contributed by atoms with van der Waals surface area (Å²) in [5.74, 6) is -1.01. The number of thioether (sulfide) groups is 1. The van der Waals surface area contributed by atoms with Crippen LogP contribution >= 0.6 is 11.8 Å². The zero-order valence-corrected chi connectivity index (χ0v) is 11.3. The monoisotopic (exact) mass is 270 g/mol. The fourth-order valence-electron chi connectivity index (χ4n) is 0.789. The molecule has 0 bridgehead atoms. The number of hydrogen-bond donors (Lipinski definition) is 2.